The number of hydrogen-bond donors (Lipinski definition) is 0. The van der Waals surface area contributed by atoms with Crippen molar-refractivity contribution < 1.29 is 4.74 Å². The van der Waals surface area contributed by atoms with Gasteiger partial charge in [-0.1, -0.05) is 18.2 Å². The Hall–Kier alpha value is -1.14. The van der Waals surface area contributed by atoms with Gasteiger partial charge in [0.1, 0.15) is 11.2 Å². The summed E-state index contributed by atoms with van der Waals surface area (Å²) in [6, 6.07) is 7.87. The molecule has 0 saturated heterocycles. The lowest BCUT2D eigenvalue weighted by Gasteiger charge is -2.06. The molecule has 0 aliphatic rings. The van der Waals surface area contributed by atoms with E-state index < -0.39 is 0 Å². The van der Waals surface area contributed by atoms with Crippen LogP contribution >= 0.6 is 11.8 Å². The van der Waals surface area contributed by atoms with Crippen LogP contribution in [0.25, 0.3) is 0 Å². The van der Waals surface area contributed by atoms with Crippen molar-refractivity contribution >= 4 is 11.8 Å². The van der Waals surface area contributed by atoms with Crippen molar-refractivity contribution in [2.24, 2.45) is 0 Å². The molecule has 0 aliphatic carbocycles. The molecule has 0 saturated carbocycles. The minimum Gasteiger partial charge on any atom is -0.492 e. The van der Waals surface area contributed by atoms with Gasteiger partial charge in [0.15, 0.2) is 0 Å². The second kappa shape index (κ2) is 5.50. The average Bonchev–Trinajstić information content (AvgIpc) is 2.15. The van der Waals surface area contributed by atoms with E-state index in [2.05, 4.69) is 0 Å². The number of hydrogen-bond acceptors (Lipinski definition) is 3. The summed E-state index contributed by atoms with van der Waals surface area (Å²) >= 11 is 1.21. The number of rotatable bonds is 4. The van der Waals surface area contributed by atoms with Crippen LogP contribution in [0.1, 0.15) is 5.56 Å². The molecule has 2 nitrogen and oxygen atoms in total. The quantitative estimate of drug-likeness (QED) is 0.544. The van der Waals surface area contributed by atoms with Crippen LogP contribution < -0.4 is 4.74 Å². The molecule has 0 fully saturated rings. The van der Waals surface area contributed by atoms with Gasteiger partial charge >= 0.3 is 0 Å². The van der Waals surface area contributed by atoms with Crippen molar-refractivity contribution in [1.29, 1.82) is 5.26 Å². The predicted molar refractivity (Wildman–Crippen MR) is 54.7 cm³/mol. The smallest absolute Gasteiger partial charge is 0.133 e. The van der Waals surface area contributed by atoms with E-state index in [0.29, 0.717) is 12.4 Å². The molecular formula is C10H11NOS. The first-order chi connectivity index (χ1) is 6.34. The molecule has 0 radical (unpaired) electrons. The maximum atomic E-state index is 8.28. The predicted octanol–water partition coefficient (Wildman–Crippen LogP) is 2.59. The molecule has 0 heterocycles. The minimum atomic E-state index is 0.586. The Kier molecular flexibility index (Phi) is 4.20. The second-order valence-corrected chi connectivity index (χ2v) is 3.43. The van der Waals surface area contributed by atoms with Crippen LogP contribution in [0.4, 0.5) is 0 Å². The number of thiocyanates is 1. The third-order valence-electron chi connectivity index (χ3n) is 1.60. The van der Waals surface area contributed by atoms with Gasteiger partial charge in [-0.3, -0.25) is 0 Å². The van der Waals surface area contributed by atoms with Gasteiger partial charge in [0.05, 0.1) is 6.61 Å². The van der Waals surface area contributed by atoms with E-state index in [-0.39, 0.29) is 0 Å². The van der Waals surface area contributed by atoms with Crippen molar-refractivity contribution in [2.75, 3.05) is 12.4 Å². The summed E-state index contributed by atoms with van der Waals surface area (Å²) in [6.45, 7) is 2.59. The van der Waals surface area contributed by atoms with Gasteiger partial charge in [-0.15, -0.1) is 0 Å². The van der Waals surface area contributed by atoms with Gasteiger partial charge < -0.3 is 4.74 Å². The van der Waals surface area contributed by atoms with Gasteiger partial charge in [-0.05, 0) is 30.3 Å². The molecule has 3 heteroatoms. The minimum absolute atomic E-state index is 0.586. The first-order valence-corrected chi connectivity index (χ1v) is 5.02. The van der Waals surface area contributed by atoms with E-state index in [0.717, 1.165) is 11.3 Å². The first-order valence-electron chi connectivity index (χ1n) is 4.04. The van der Waals surface area contributed by atoms with E-state index >= 15 is 0 Å². The molecule has 0 unspecified atom stereocenters. The molecule has 0 aromatic heterocycles. The van der Waals surface area contributed by atoms with Crippen molar-refractivity contribution in [1.82, 2.24) is 0 Å². The number of thioether (sulfide) groups is 1. The normalized spacial score (nSPS) is 9.23. The molecule has 1 rings (SSSR count). The van der Waals surface area contributed by atoms with Gasteiger partial charge in [0, 0.05) is 5.75 Å². The Morgan fingerprint density at radius 1 is 1.46 bits per heavy atom. The van der Waals surface area contributed by atoms with Crippen LogP contribution in [-0.2, 0) is 0 Å². The summed E-state index contributed by atoms with van der Waals surface area (Å²) in [7, 11) is 0. The lowest BCUT2D eigenvalue weighted by atomic mass is 10.2. The number of para-hydroxylation sites is 1. The fourth-order valence-corrected chi connectivity index (χ4v) is 1.22. The highest BCUT2D eigenvalue weighted by Crippen LogP contribution is 2.16. The Morgan fingerprint density at radius 3 is 2.92 bits per heavy atom. The van der Waals surface area contributed by atoms with Gasteiger partial charge in [-0.25, -0.2) is 0 Å². The van der Waals surface area contributed by atoms with E-state index in [1.54, 1.807) is 0 Å². The Morgan fingerprint density at radius 2 is 2.23 bits per heavy atom. The number of benzene rings is 1. The molecule has 0 spiro atoms. The summed E-state index contributed by atoms with van der Waals surface area (Å²) in [5.41, 5.74) is 1.13. The van der Waals surface area contributed by atoms with Crippen LogP contribution in [0.2, 0.25) is 0 Å². The lowest BCUT2D eigenvalue weighted by Crippen LogP contribution is -2.00. The molecule has 0 bridgehead atoms. The monoisotopic (exact) mass is 193 g/mol. The third kappa shape index (κ3) is 3.39. The molecule has 0 aliphatic heterocycles. The lowest BCUT2D eigenvalue weighted by molar-refractivity contribution is 0.342. The standard InChI is InChI=1S/C10H11NOS/c1-9-4-2-3-5-10(9)12-6-7-13-8-11/h2-5H,6-7H2,1H3. The fraction of sp³-hybridized carbons (Fsp3) is 0.300. The highest BCUT2D eigenvalue weighted by Gasteiger charge is 1.96. The highest BCUT2D eigenvalue weighted by atomic mass is 32.2. The van der Waals surface area contributed by atoms with Gasteiger partial charge in [0.25, 0.3) is 0 Å². The van der Waals surface area contributed by atoms with Crippen molar-refractivity contribution in [3.8, 4) is 11.2 Å². The zero-order valence-corrected chi connectivity index (χ0v) is 8.30. The number of nitrogens with zero attached hydrogens (tertiary/aromatic N) is 1. The van der Waals surface area contributed by atoms with Crippen LogP contribution in [0.3, 0.4) is 0 Å². The molecule has 1 aromatic carbocycles. The van der Waals surface area contributed by atoms with E-state index in [4.69, 9.17) is 10.00 Å². The molecule has 13 heavy (non-hydrogen) atoms. The number of aryl methyl sites for hydroxylation is 1. The Balaban J connectivity index is 2.37. The maximum absolute atomic E-state index is 8.28. The van der Waals surface area contributed by atoms with Crippen molar-refractivity contribution in [3.05, 3.63) is 29.8 Å². The zero-order chi connectivity index (χ0) is 9.52. The maximum Gasteiger partial charge on any atom is 0.133 e. The fourth-order valence-electron chi connectivity index (χ4n) is 0.957. The van der Waals surface area contributed by atoms with Crippen molar-refractivity contribution in [2.45, 2.75) is 6.92 Å². The van der Waals surface area contributed by atoms with Gasteiger partial charge in [0.2, 0.25) is 0 Å². The first kappa shape index (κ1) is 9.94. The largest absolute Gasteiger partial charge is 0.492 e. The topological polar surface area (TPSA) is 33.0 Å². The summed E-state index contributed by atoms with van der Waals surface area (Å²) in [6.07, 6.45) is 0. The second-order valence-electron chi connectivity index (χ2n) is 2.55. The summed E-state index contributed by atoms with van der Waals surface area (Å²) in [5.74, 6) is 1.62. The Labute approximate surface area is 82.5 Å². The Bertz CT molecular complexity index is 306. The van der Waals surface area contributed by atoms with Crippen LogP contribution in [0.5, 0.6) is 5.75 Å². The van der Waals surface area contributed by atoms with E-state index in [1.807, 2.05) is 36.6 Å². The van der Waals surface area contributed by atoms with Crippen LogP contribution in [0.15, 0.2) is 24.3 Å². The van der Waals surface area contributed by atoms with E-state index in [1.165, 1.54) is 11.8 Å². The molecule has 68 valence electrons. The van der Waals surface area contributed by atoms with Crippen LogP contribution in [-0.4, -0.2) is 12.4 Å². The molecule has 0 N–H and O–H groups in total. The summed E-state index contributed by atoms with van der Waals surface area (Å²) in [4.78, 5) is 0. The van der Waals surface area contributed by atoms with Crippen LogP contribution in [0, 0.1) is 17.6 Å². The molecule has 0 amide bonds. The molecule has 1 aromatic rings. The summed E-state index contributed by atoms with van der Waals surface area (Å²) in [5, 5.41) is 10.3. The number of nitriles is 1. The molecule has 0 atom stereocenters. The number of ether oxygens (including phenoxy) is 1. The summed E-state index contributed by atoms with van der Waals surface area (Å²) < 4.78 is 5.47. The zero-order valence-electron chi connectivity index (χ0n) is 7.49. The van der Waals surface area contributed by atoms with Crippen molar-refractivity contribution in [3.63, 3.8) is 0 Å². The van der Waals surface area contributed by atoms with Gasteiger partial charge in [-0.2, -0.15) is 5.26 Å². The average molecular weight is 193 g/mol. The third-order valence-corrected chi connectivity index (χ3v) is 2.10. The molecular weight excluding hydrogens is 182 g/mol. The van der Waals surface area contributed by atoms with E-state index in [9.17, 15) is 0 Å². The SMILES string of the molecule is Cc1ccccc1OCCSC#N. The highest BCUT2D eigenvalue weighted by molar-refractivity contribution is 8.03.